The van der Waals surface area contributed by atoms with Crippen molar-refractivity contribution in [3.8, 4) is 22.9 Å². The van der Waals surface area contributed by atoms with Gasteiger partial charge >= 0.3 is 0 Å². The third-order valence-electron chi connectivity index (χ3n) is 5.51. The standard InChI is InChI=1S/C23H24ClN3O3S/c1-29-16-11-12-21(30-2)18(13-16)20(28)14-31-23-26-25-22(17-9-5-6-10-19(17)24)27(23)15-7-3-4-8-15/h5-6,9-13,15H,3-4,7-8,14H2,1-2H3. The fourth-order valence-electron chi connectivity index (χ4n) is 3.93. The summed E-state index contributed by atoms with van der Waals surface area (Å²) in [4.78, 5) is 13.0. The number of nitrogens with zero attached hydrogens (tertiary/aromatic N) is 3. The minimum Gasteiger partial charge on any atom is -0.497 e. The van der Waals surface area contributed by atoms with E-state index in [-0.39, 0.29) is 11.5 Å². The number of hydrogen-bond acceptors (Lipinski definition) is 6. The van der Waals surface area contributed by atoms with E-state index in [1.165, 1.54) is 24.6 Å². The number of carbonyl (C=O) groups excluding carboxylic acids is 1. The number of hydrogen-bond donors (Lipinski definition) is 0. The topological polar surface area (TPSA) is 66.2 Å². The summed E-state index contributed by atoms with van der Waals surface area (Å²) in [7, 11) is 3.13. The molecule has 1 aliphatic rings. The Kier molecular flexibility index (Phi) is 6.83. The molecule has 162 valence electrons. The highest BCUT2D eigenvalue weighted by Gasteiger charge is 2.26. The molecule has 1 aliphatic carbocycles. The van der Waals surface area contributed by atoms with Crippen molar-refractivity contribution in [1.29, 1.82) is 0 Å². The van der Waals surface area contributed by atoms with E-state index in [1.807, 2.05) is 24.3 Å². The molecule has 1 fully saturated rings. The first kappa shape index (κ1) is 21.7. The second kappa shape index (κ2) is 9.75. The summed E-state index contributed by atoms with van der Waals surface area (Å²) in [5.74, 6) is 2.06. The van der Waals surface area contributed by atoms with Crippen molar-refractivity contribution in [2.45, 2.75) is 36.9 Å². The number of ketones is 1. The summed E-state index contributed by atoms with van der Waals surface area (Å²) in [5.41, 5.74) is 1.35. The Morgan fingerprint density at radius 2 is 1.90 bits per heavy atom. The third kappa shape index (κ3) is 4.57. The van der Waals surface area contributed by atoms with Gasteiger partial charge in [0.05, 0.1) is 30.6 Å². The van der Waals surface area contributed by atoms with Crippen molar-refractivity contribution in [3.63, 3.8) is 0 Å². The van der Waals surface area contributed by atoms with Crippen LogP contribution < -0.4 is 9.47 Å². The lowest BCUT2D eigenvalue weighted by Gasteiger charge is -2.17. The number of thioether (sulfide) groups is 1. The molecule has 0 spiro atoms. The van der Waals surface area contributed by atoms with Gasteiger partial charge in [0.15, 0.2) is 16.8 Å². The first-order valence-electron chi connectivity index (χ1n) is 10.2. The molecule has 0 amide bonds. The molecule has 0 radical (unpaired) electrons. The molecule has 0 saturated heterocycles. The Morgan fingerprint density at radius 1 is 1.13 bits per heavy atom. The van der Waals surface area contributed by atoms with Crippen LogP contribution in [0, 0.1) is 0 Å². The normalized spacial score (nSPS) is 14.0. The van der Waals surface area contributed by atoms with Gasteiger partial charge < -0.3 is 9.47 Å². The lowest BCUT2D eigenvalue weighted by Crippen LogP contribution is -2.10. The van der Waals surface area contributed by atoms with E-state index in [2.05, 4.69) is 14.8 Å². The maximum Gasteiger partial charge on any atom is 0.192 e. The van der Waals surface area contributed by atoms with Gasteiger partial charge in [-0.1, -0.05) is 48.3 Å². The number of benzene rings is 2. The average molecular weight is 458 g/mol. The summed E-state index contributed by atoms with van der Waals surface area (Å²) in [5, 5.41) is 10.3. The molecule has 2 aromatic carbocycles. The summed E-state index contributed by atoms with van der Waals surface area (Å²) in [6.07, 6.45) is 4.49. The van der Waals surface area contributed by atoms with Crippen molar-refractivity contribution < 1.29 is 14.3 Å². The molecule has 0 aliphatic heterocycles. The van der Waals surface area contributed by atoms with Crippen LogP contribution in [0.5, 0.6) is 11.5 Å². The monoisotopic (exact) mass is 457 g/mol. The molecule has 31 heavy (non-hydrogen) atoms. The van der Waals surface area contributed by atoms with Crippen LogP contribution in [-0.2, 0) is 0 Å². The maximum atomic E-state index is 13.0. The molecular weight excluding hydrogens is 434 g/mol. The highest BCUT2D eigenvalue weighted by Crippen LogP contribution is 2.38. The zero-order valence-corrected chi connectivity index (χ0v) is 19.1. The van der Waals surface area contributed by atoms with E-state index in [1.54, 1.807) is 32.4 Å². The predicted octanol–water partition coefficient (Wildman–Crippen LogP) is 5.71. The van der Waals surface area contributed by atoms with Crippen LogP contribution in [-0.4, -0.2) is 40.5 Å². The fraction of sp³-hybridized carbons (Fsp3) is 0.348. The van der Waals surface area contributed by atoms with E-state index >= 15 is 0 Å². The molecule has 1 aromatic heterocycles. The van der Waals surface area contributed by atoms with Gasteiger partial charge in [-0.3, -0.25) is 9.36 Å². The fourth-order valence-corrected chi connectivity index (χ4v) is 5.04. The van der Waals surface area contributed by atoms with Gasteiger partial charge in [0.2, 0.25) is 0 Å². The zero-order chi connectivity index (χ0) is 21.8. The molecule has 0 atom stereocenters. The van der Waals surface area contributed by atoms with Gasteiger partial charge in [-0.2, -0.15) is 0 Å². The lowest BCUT2D eigenvalue weighted by atomic mass is 10.1. The van der Waals surface area contributed by atoms with Gasteiger partial charge in [0, 0.05) is 11.6 Å². The number of rotatable bonds is 8. The Balaban J connectivity index is 1.62. The molecule has 0 N–H and O–H groups in total. The molecule has 1 saturated carbocycles. The number of carbonyl (C=O) groups is 1. The van der Waals surface area contributed by atoms with E-state index in [0.717, 1.165) is 29.4 Å². The number of Topliss-reactive ketones (excluding diaryl/α,β-unsaturated/α-hetero) is 1. The molecule has 4 rings (SSSR count). The molecule has 0 unspecified atom stereocenters. The Morgan fingerprint density at radius 3 is 2.61 bits per heavy atom. The first-order chi connectivity index (χ1) is 15.1. The summed E-state index contributed by atoms with van der Waals surface area (Å²) in [6.45, 7) is 0. The summed E-state index contributed by atoms with van der Waals surface area (Å²) >= 11 is 7.84. The lowest BCUT2D eigenvalue weighted by molar-refractivity contribution is 0.101. The SMILES string of the molecule is COc1ccc(OC)c(C(=O)CSc2nnc(-c3ccccc3Cl)n2C2CCCC2)c1. The van der Waals surface area contributed by atoms with Crippen molar-refractivity contribution >= 4 is 29.1 Å². The Bertz CT molecular complexity index is 1080. The van der Waals surface area contributed by atoms with Crippen LogP contribution in [0.4, 0.5) is 0 Å². The number of methoxy groups -OCH3 is 2. The Hall–Kier alpha value is -2.51. The number of halogens is 1. The first-order valence-corrected chi connectivity index (χ1v) is 11.6. The van der Waals surface area contributed by atoms with Crippen molar-refractivity contribution in [3.05, 3.63) is 53.1 Å². The predicted molar refractivity (Wildman–Crippen MR) is 123 cm³/mol. The number of ether oxygens (including phenoxy) is 2. The number of aromatic nitrogens is 3. The van der Waals surface area contributed by atoms with Crippen LogP contribution in [0.1, 0.15) is 42.1 Å². The van der Waals surface area contributed by atoms with E-state index in [4.69, 9.17) is 21.1 Å². The zero-order valence-electron chi connectivity index (χ0n) is 17.5. The van der Waals surface area contributed by atoms with Crippen molar-refractivity contribution in [2.75, 3.05) is 20.0 Å². The minimum absolute atomic E-state index is 0.0546. The average Bonchev–Trinajstić information content (AvgIpc) is 3.47. The molecule has 6 nitrogen and oxygen atoms in total. The van der Waals surface area contributed by atoms with Gasteiger partial charge in [-0.05, 0) is 43.2 Å². The quantitative estimate of drug-likeness (QED) is 0.319. The molecule has 0 bridgehead atoms. The summed E-state index contributed by atoms with van der Waals surface area (Å²) < 4.78 is 12.8. The summed E-state index contributed by atoms with van der Waals surface area (Å²) in [6, 6.07) is 13.2. The third-order valence-corrected chi connectivity index (χ3v) is 6.78. The van der Waals surface area contributed by atoms with Crippen LogP contribution in [0.25, 0.3) is 11.4 Å². The van der Waals surface area contributed by atoms with Crippen LogP contribution in [0.2, 0.25) is 5.02 Å². The van der Waals surface area contributed by atoms with Gasteiger partial charge in [0.25, 0.3) is 0 Å². The van der Waals surface area contributed by atoms with Crippen molar-refractivity contribution in [2.24, 2.45) is 0 Å². The highest BCUT2D eigenvalue weighted by atomic mass is 35.5. The molecule has 1 heterocycles. The van der Waals surface area contributed by atoms with Crippen LogP contribution in [0.15, 0.2) is 47.6 Å². The smallest absolute Gasteiger partial charge is 0.192 e. The Labute approximate surface area is 190 Å². The highest BCUT2D eigenvalue weighted by molar-refractivity contribution is 7.99. The minimum atomic E-state index is -0.0546. The second-order valence-electron chi connectivity index (χ2n) is 7.37. The van der Waals surface area contributed by atoms with Crippen LogP contribution in [0.3, 0.4) is 0 Å². The van der Waals surface area contributed by atoms with Gasteiger partial charge in [-0.25, -0.2) is 0 Å². The van der Waals surface area contributed by atoms with Crippen LogP contribution >= 0.6 is 23.4 Å². The maximum absolute atomic E-state index is 13.0. The molecule has 3 aromatic rings. The van der Waals surface area contributed by atoms with Gasteiger partial charge in [0.1, 0.15) is 11.5 Å². The van der Waals surface area contributed by atoms with Crippen molar-refractivity contribution in [1.82, 2.24) is 14.8 Å². The molecule has 8 heteroatoms. The second-order valence-corrected chi connectivity index (χ2v) is 8.72. The van der Waals surface area contributed by atoms with E-state index < -0.39 is 0 Å². The van der Waals surface area contributed by atoms with E-state index in [9.17, 15) is 4.79 Å². The largest absolute Gasteiger partial charge is 0.497 e. The molecular formula is C23H24ClN3O3S. The van der Waals surface area contributed by atoms with Gasteiger partial charge in [-0.15, -0.1) is 10.2 Å². The van der Waals surface area contributed by atoms with E-state index in [0.29, 0.717) is 28.1 Å².